The summed E-state index contributed by atoms with van der Waals surface area (Å²) in [7, 11) is 0. The largest absolute Gasteiger partial charge is 0.309 e. The van der Waals surface area contributed by atoms with Gasteiger partial charge in [0.25, 0.3) is 0 Å². The van der Waals surface area contributed by atoms with Crippen LogP contribution in [0.1, 0.15) is 0 Å². The Morgan fingerprint density at radius 3 is 1.55 bits per heavy atom. The number of pyridine rings is 2. The van der Waals surface area contributed by atoms with Crippen LogP contribution in [0.5, 0.6) is 0 Å². The van der Waals surface area contributed by atoms with E-state index in [9.17, 15) is 0 Å². The van der Waals surface area contributed by atoms with Crippen LogP contribution >= 0.6 is 11.3 Å². The molecule has 0 spiro atoms. The lowest BCUT2D eigenvalue weighted by molar-refractivity contribution is 1.18. The van der Waals surface area contributed by atoms with Gasteiger partial charge in [0.2, 0.25) is 0 Å². The number of aromatic nitrogens is 5. The number of fused-ring (bicyclic) bond motifs is 7. The summed E-state index contributed by atoms with van der Waals surface area (Å²) >= 11 is 1.71. The average Bonchev–Trinajstić information content (AvgIpc) is 3.88. The topological polar surface area (TPSA) is 48.5 Å². The fraction of sp³-hybridized carbons (Fsp3) is 0. The van der Waals surface area contributed by atoms with E-state index in [1.54, 1.807) is 11.3 Å². The molecule has 0 fully saturated rings. The fourth-order valence-corrected chi connectivity index (χ4v) is 8.13. The number of nitrogens with zero attached hydrogens (tertiary/aromatic N) is 5. The molecule has 0 aliphatic rings. The predicted octanol–water partition coefficient (Wildman–Crippen LogP) is 11.1. The van der Waals surface area contributed by atoms with Crippen molar-refractivity contribution in [3.63, 3.8) is 0 Å². The Kier molecular flexibility index (Phi) is 6.29. The average molecular weight is 646 g/mol. The zero-order chi connectivity index (χ0) is 32.3. The number of thiazole rings is 1. The molecule has 6 heteroatoms. The lowest BCUT2D eigenvalue weighted by atomic mass is 10.0. The minimum atomic E-state index is 0.950. The van der Waals surface area contributed by atoms with Crippen molar-refractivity contribution < 1.29 is 0 Å². The van der Waals surface area contributed by atoms with Gasteiger partial charge < -0.3 is 4.57 Å². The smallest absolute Gasteiger partial charge is 0.125 e. The van der Waals surface area contributed by atoms with Crippen molar-refractivity contribution in [1.29, 1.82) is 0 Å². The second-order valence-electron chi connectivity index (χ2n) is 12.1. The first-order chi connectivity index (χ1) is 24.3. The number of benzene rings is 5. The summed E-state index contributed by atoms with van der Waals surface area (Å²) in [6.45, 7) is 0. The van der Waals surface area contributed by atoms with Gasteiger partial charge in [-0.05, 0) is 72.8 Å². The highest BCUT2D eigenvalue weighted by Crippen LogP contribution is 2.45. The lowest BCUT2D eigenvalue weighted by Gasteiger charge is -2.08. The molecule has 0 radical (unpaired) electrons. The van der Waals surface area contributed by atoms with Crippen LogP contribution in [0.2, 0.25) is 0 Å². The summed E-state index contributed by atoms with van der Waals surface area (Å²) in [5.41, 5.74) is 10.9. The van der Waals surface area contributed by atoms with Crippen molar-refractivity contribution >= 4 is 54.9 Å². The van der Waals surface area contributed by atoms with Crippen LogP contribution in [0, 0.1) is 0 Å². The zero-order valence-corrected chi connectivity index (χ0v) is 27.0. The van der Waals surface area contributed by atoms with E-state index in [0.29, 0.717) is 0 Å². The van der Waals surface area contributed by atoms with E-state index in [0.717, 1.165) is 65.8 Å². The van der Waals surface area contributed by atoms with Crippen LogP contribution in [0.15, 0.2) is 164 Å². The van der Waals surface area contributed by atoms with Crippen LogP contribution in [0.4, 0.5) is 0 Å². The molecule has 230 valence electrons. The third-order valence-corrected chi connectivity index (χ3v) is 10.4. The third kappa shape index (κ3) is 4.42. The predicted molar refractivity (Wildman–Crippen MR) is 203 cm³/mol. The van der Waals surface area contributed by atoms with Crippen LogP contribution in [-0.2, 0) is 0 Å². The van der Waals surface area contributed by atoms with E-state index in [2.05, 4.69) is 124 Å². The molecule has 0 amide bonds. The van der Waals surface area contributed by atoms with Crippen molar-refractivity contribution in [2.45, 2.75) is 0 Å². The standard InChI is InChI=1S/C43H27N5S/c1-3-11-28(12-4-1)43-46-27-40(49-43)48-37-20-18-30(35-16-8-10-24-45-35)26-33(37)42-39(48)22-21-38-41(42)32-25-29(34-15-7-9-23-44-34)17-19-36(32)47(38)31-13-5-2-6-14-31/h1-27H. The summed E-state index contributed by atoms with van der Waals surface area (Å²) in [5.74, 6) is 0. The van der Waals surface area contributed by atoms with E-state index >= 15 is 0 Å². The molecule has 5 aromatic carbocycles. The van der Waals surface area contributed by atoms with E-state index in [1.165, 1.54) is 21.5 Å². The Balaban J connectivity index is 1.35. The first kappa shape index (κ1) is 27.7. The number of hydrogen-bond acceptors (Lipinski definition) is 4. The molecule has 0 aliphatic carbocycles. The summed E-state index contributed by atoms with van der Waals surface area (Å²) in [5, 5.41) is 6.85. The van der Waals surface area contributed by atoms with Gasteiger partial charge in [0.15, 0.2) is 0 Å². The van der Waals surface area contributed by atoms with Crippen LogP contribution in [0.3, 0.4) is 0 Å². The van der Waals surface area contributed by atoms with Crippen molar-refractivity contribution in [2.24, 2.45) is 0 Å². The van der Waals surface area contributed by atoms with Gasteiger partial charge in [-0.25, -0.2) is 4.98 Å². The molecule has 0 aliphatic heterocycles. The summed E-state index contributed by atoms with van der Waals surface area (Å²) in [4.78, 5) is 14.3. The second-order valence-corrected chi connectivity index (χ2v) is 13.1. The van der Waals surface area contributed by atoms with E-state index in [4.69, 9.17) is 15.0 Å². The molecule has 0 saturated heterocycles. The van der Waals surface area contributed by atoms with Gasteiger partial charge in [-0.15, -0.1) is 0 Å². The monoisotopic (exact) mass is 645 g/mol. The molecule has 49 heavy (non-hydrogen) atoms. The van der Waals surface area contributed by atoms with Gasteiger partial charge in [0, 0.05) is 56.3 Å². The number of para-hydroxylation sites is 1. The normalized spacial score (nSPS) is 11.7. The molecule has 0 N–H and O–H groups in total. The Bertz CT molecular complexity index is 2800. The van der Waals surface area contributed by atoms with Gasteiger partial charge in [-0.2, -0.15) is 0 Å². The molecule has 0 unspecified atom stereocenters. The van der Waals surface area contributed by atoms with Crippen LogP contribution in [-0.4, -0.2) is 24.1 Å². The molecule has 5 nitrogen and oxygen atoms in total. The van der Waals surface area contributed by atoms with Crippen molar-refractivity contribution in [1.82, 2.24) is 24.1 Å². The lowest BCUT2D eigenvalue weighted by Crippen LogP contribution is -1.93. The molecule has 5 heterocycles. The van der Waals surface area contributed by atoms with Gasteiger partial charge in [0.05, 0.1) is 39.7 Å². The van der Waals surface area contributed by atoms with E-state index in [1.807, 2.05) is 48.9 Å². The van der Waals surface area contributed by atoms with Gasteiger partial charge in [-0.3, -0.25) is 14.5 Å². The molecular weight excluding hydrogens is 619 g/mol. The Morgan fingerprint density at radius 2 is 0.959 bits per heavy atom. The third-order valence-electron chi connectivity index (χ3n) is 9.33. The number of hydrogen-bond donors (Lipinski definition) is 0. The molecule has 10 aromatic rings. The minimum absolute atomic E-state index is 0.950. The Hall–Kier alpha value is -6.37. The SMILES string of the molecule is c1ccc(-c2ncc(-n3c4ccc(-c5ccccn5)cc4c4c5c6cc(-c7ccccn7)ccc6n(-c6ccccc6)c5ccc43)s2)cc1. The fourth-order valence-electron chi connectivity index (χ4n) is 7.18. The Morgan fingerprint density at radius 1 is 0.429 bits per heavy atom. The van der Waals surface area contributed by atoms with Crippen molar-refractivity contribution in [2.75, 3.05) is 0 Å². The maximum absolute atomic E-state index is 4.90. The maximum Gasteiger partial charge on any atom is 0.125 e. The maximum atomic E-state index is 4.90. The van der Waals surface area contributed by atoms with E-state index in [-0.39, 0.29) is 0 Å². The summed E-state index contributed by atoms with van der Waals surface area (Å²) in [6, 6.07) is 51.2. The highest BCUT2D eigenvalue weighted by atomic mass is 32.1. The van der Waals surface area contributed by atoms with Gasteiger partial charge >= 0.3 is 0 Å². The van der Waals surface area contributed by atoms with Crippen LogP contribution in [0.25, 0.3) is 87.4 Å². The van der Waals surface area contributed by atoms with Gasteiger partial charge in [0.1, 0.15) is 10.0 Å². The van der Waals surface area contributed by atoms with Crippen molar-refractivity contribution in [3.8, 4) is 43.8 Å². The molecule has 5 aromatic heterocycles. The number of rotatable bonds is 5. The first-order valence-electron chi connectivity index (χ1n) is 16.3. The molecule has 0 saturated carbocycles. The first-order valence-corrected chi connectivity index (χ1v) is 17.1. The highest BCUT2D eigenvalue weighted by molar-refractivity contribution is 7.17. The quantitative estimate of drug-likeness (QED) is 0.187. The van der Waals surface area contributed by atoms with Crippen molar-refractivity contribution in [3.05, 3.63) is 164 Å². The molecule has 0 bridgehead atoms. The summed E-state index contributed by atoms with van der Waals surface area (Å²) < 4.78 is 4.77. The Labute approximate surface area is 286 Å². The van der Waals surface area contributed by atoms with Gasteiger partial charge in [-0.1, -0.05) is 84.1 Å². The molecular formula is C43H27N5S. The zero-order valence-electron chi connectivity index (χ0n) is 26.2. The summed E-state index contributed by atoms with van der Waals surface area (Å²) in [6.07, 6.45) is 5.72. The molecule has 10 rings (SSSR count). The highest BCUT2D eigenvalue weighted by Gasteiger charge is 2.22. The minimum Gasteiger partial charge on any atom is -0.309 e. The van der Waals surface area contributed by atoms with Crippen LogP contribution < -0.4 is 0 Å². The van der Waals surface area contributed by atoms with E-state index < -0.39 is 0 Å². The molecule has 0 atom stereocenters. The second kappa shape index (κ2) is 11.1.